The van der Waals surface area contributed by atoms with Crippen LogP contribution >= 0.6 is 11.6 Å². The number of hydrogen-bond donors (Lipinski definition) is 1. The van der Waals surface area contributed by atoms with Gasteiger partial charge in [0.1, 0.15) is 0 Å². The van der Waals surface area contributed by atoms with Gasteiger partial charge in [-0.3, -0.25) is 0 Å². The molecule has 0 aliphatic carbocycles. The number of halogens is 1. The Kier molecular flexibility index (Phi) is 3.68. The van der Waals surface area contributed by atoms with Gasteiger partial charge in [0.05, 0.1) is 27.8 Å². The summed E-state index contributed by atoms with van der Waals surface area (Å²) in [5.41, 5.74) is 0. The largest absolute Gasteiger partial charge is 0.240 e. The highest BCUT2D eigenvalue weighted by Crippen LogP contribution is 2.20. The molecule has 1 aromatic carbocycles. The molecule has 1 aliphatic heterocycles. The van der Waals surface area contributed by atoms with Crippen LogP contribution in [0.15, 0.2) is 35.2 Å². The summed E-state index contributed by atoms with van der Waals surface area (Å²) < 4.78 is 49.0. The van der Waals surface area contributed by atoms with Crippen LogP contribution < -0.4 is 4.72 Å². The first-order chi connectivity index (χ1) is 8.30. The smallest absolute Gasteiger partial charge is 0.229 e. The molecule has 0 aromatic heterocycles. The zero-order chi connectivity index (χ0) is 13.4. The maximum Gasteiger partial charge on any atom is 0.240 e. The predicted molar refractivity (Wildman–Crippen MR) is 68.8 cm³/mol. The summed E-state index contributed by atoms with van der Waals surface area (Å²) in [5.74, 6) is -0.455. The van der Waals surface area contributed by atoms with Crippen LogP contribution in [0.25, 0.3) is 0 Å². The Morgan fingerprint density at radius 3 is 2.28 bits per heavy atom. The first-order valence-corrected chi connectivity index (χ1v) is 8.96. The molecule has 1 aliphatic rings. The third kappa shape index (κ3) is 3.03. The van der Waals surface area contributed by atoms with E-state index >= 15 is 0 Å². The van der Waals surface area contributed by atoms with Crippen molar-refractivity contribution in [3.8, 4) is 0 Å². The summed E-state index contributed by atoms with van der Waals surface area (Å²) >= 11 is 5.85. The van der Waals surface area contributed by atoms with Gasteiger partial charge in [-0.15, -0.1) is 11.6 Å². The molecule has 1 heterocycles. The molecule has 100 valence electrons. The summed E-state index contributed by atoms with van der Waals surface area (Å²) in [4.78, 5) is 0.0955. The van der Waals surface area contributed by atoms with Crippen LogP contribution in [-0.4, -0.2) is 39.8 Å². The van der Waals surface area contributed by atoms with E-state index in [9.17, 15) is 16.8 Å². The number of nitrogens with one attached hydrogen (secondary N) is 1. The molecule has 18 heavy (non-hydrogen) atoms. The first kappa shape index (κ1) is 13.8. The lowest BCUT2D eigenvalue weighted by Crippen LogP contribution is -2.40. The fourth-order valence-electron chi connectivity index (χ4n) is 1.78. The molecule has 0 spiro atoms. The van der Waals surface area contributed by atoms with Crippen LogP contribution in [-0.2, 0) is 19.9 Å². The third-order valence-corrected chi connectivity index (χ3v) is 6.52. The Bertz CT molecular complexity index is 627. The average molecular weight is 310 g/mol. The van der Waals surface area contributed by atoms with Crippen molar-refractivity contribution >= 4 is 31.5 Å². The Hall–Kier alpha value is -0.630. The molecular formula is C10H12ClNO4S2. The summed E-state index contributed by atoms with van der Waals surface area (Å²) in [5, 5.41) is -0.728. The number of hydrogen-bond acceptors (Lipinski definition) is 4. The van der Waals surface area contributed by atoms with Crippen molar-refractivity contribution in [3.05, 3.63) is 30.3 Å². The van der Waals surface area contributed by atoms with Crippen LogP contribution in [0.2, 0.25) is 0 Å². The predicted octanol–water partition coefficient (Wildman–Crippen LogP) is 0.369. The number of rotatable bonds is 3. The third-order valence-electron chi connectivity index (χ3n) is 2.64. The van der Waals surface area contributed by atoms with E-state index in [1.807, 2.05) is 0 Å². The lowest BCUT2D eigenvalue weighted by atomic mass is 10.3. The van der Waals surface area contributed by atoms with E-state index in [2.05, 4.69) is 4.72 Å². The number of sulfonamides is 1. The van der Waals surface area contributed by atoms with Gasteiger partial charge in [0.15, 0.2) is 9.84 Å². The van der Waals surface area contributed by atoms with Gasteiger partial charge in [0, 0.05) is 0 Å². The van der Waals surface area contributed by atoms with Crippen molar-refractivity contribution in [2.75, 3.05) is 11.5 Å². The molecule has 8 heteroatoms. The molecule has 0 bridgehead atoms. The van der Waals surface area contributed by atoms with Gasteiger partial charge >= 0.3 is 0 Å². The van der Waals surface area contributed by atoms with E-state index in [4.69, 9.17) is 11.6 Å². The standard InChI is InChI=1S/C10H12ClNO4S2/c11-9-6-17(13,14)7-10(9)12-18(15,16)8-4-2-1-3-5-8/h1-5,9-10,12H,6-7H2. The van der Waals surface area contributed by atoms with Crippen LogP contribution in [0.5, 0.6) is 0 Å². The molecule has 0 saturated carbocycles. The molecule has 5 nitrogen and oxygen atoms in total. The zero-order valence-corrected chi connectivity index (χ0v) is 11.7. The van der Waals surface area contributed by atoms with Crippen molar-refractivity contribution in [3.63, 3.8) is 0 Å². The monoisotopic (exact) mass is 309 g/mol. The summed E-state index contributed by atoms with van der Waals surface area (Å²) in [7, 11) is -6.98. The normalized spacial score (nSPS) is 27.2. The van der Waals surface area contributed by atoms with Crippen molar-refractivity contribution in [2.24, 2.45) is 0 Å². The maximum absolute atomic E-state index is 12.0. The van der Waals surface area contributed by atoms with E-state index in [0.717, 1.165) is 0 Å². The van der Waals surface area contributed by atoms with Gasteiger partial charge in [-0.25, -0.2) is 21.6 Å². The highest BCUT2D eigenvalue weighted by atomic mass is 35.5. The minimum atomic E-state index is -3.73. The quantitative estimate of drug-likeness (QED) is 0.818. The van der Waals surface area contributed by atoms with Gasteiger partial charge in [0.2, 0.25) is 10.0 Å². The Labute approximate surface area is 111 Å². The molecule has 0 radical (unpaired) electrons. The Morgan fingerprint density at radius 2 is 1.78 bits per heavy atom. The average Bonchev–Trinajstić information content (AvgIpc) is 2.52. The second kappa shape index (κ2) is 4.80. The van der Waals surface area contributed by atoms with E-state index in [0.29, 0.717) is 0 Å². The molecule has 1 fully saturated rings. The fraction of sp³-hybridized carbons (Fsp3) is 0.400. The highest BCUT2D eigenvalue weighted by molar-refractivity contribution is 7.92. The van der Waals surface area contributed by atoms with Gasteiger partial charge in [-0.05, 0) is 12.1 Å². The Balaban J connectivity index is 2.20. The van der Waals surface area contributed by atoms with Crippen molar-refractivity contribution < 1.29 is 16.8 Å². The van der Waals surface area contributed by atoms with Crippen molar-refractivity contribution in [2.45, 2.75) is 16.3 Å². The van der Waals surface area contributed by atoms with Crippen LogP contribution in [0.4, 0.5) is 0 Å². The van der Waals surface area contributed by atoms with E-state index < -0.39 is 31.3 Å². The molecule has 2 atom stereocenters. The van der Waals surface area contributed by atoms with E-state index in [1.54, 1.807) is 18.2 Å². The number of benzene rings is 1. The molecule has 2 rings (SSSR count). The minimum Gasteiger partial charge on any atom is -0.229 e. The lowest BCUT2D eigenvalue weighted by molar-refractivity contribution is 0.563. The van der Waals surface area contributed by atoms with Gasteiger partial charge < -0.3 is 0 Å². The molecular weight excluding hydrogens is 298 g/mol. The lowest BCUT2D eigenvalue weighted by Gasteiger charge is -2.14. The number of sulfone groups is 1. The van der Waals surface area contributed by atoms with Crippen LogP contribution in [0.3, 0.4) is 0 Å². The second-order valence-corrected chi connectivity index (χ2v) is 8.56. The van der Waals surface area contributed by atoms with E-state index in [-0.39, 0.29) is 16.4 Å². The van der Waals surface area contributed by atoms with E-state index in [1.165, 1.54) is 12.1 Å². The second-order valence-electron chi connectivity index (χ2n) is 4.13. The zero-order valence-electron chi connectivity index (χ0n) is 9.28. The molecule has 1 aromatic rings. The van der Waals surface area contributed by atoms with Crippen LogP contribution in [0, 0.1) is 0 Å². The first-order valence-electron chi connectivity index (χ1n) is 5.22. The van der Waals surface area contributed by atoms with Crippen molar-refractivity contribution in [1.82, 2.24) is 4.72 Å². The van der Waals surface area contributed by atoms with Gasteiger partial charge in [0.25, 0.3) is 0 Å². The highest BCUT2D eigenvalue weighted by Gasteiger charge is 2.38. The van der Waals surface area contributed by atoms with Crippen molar-refractivity contribution in [1.29, 1.82) is 0 Å². The fourth-order valence-corrected chi connectivity index (χ4v) is 5.81. The topological polar surface area (TPSA) is 80.3 Å². The van der Waals surface area contributed by atoms with Gasteiger partial charge in [-0.2, -0.15) is 0 Å². The SMILES string of the molecule is O=S1(=O)CC(Cl)C(NS(=O)(=O)c2ccccc2)C1. The summed E-state index contributed by atoms with van der Waals surface area (Å²) in [6, 6.07) is 6.99. The molecule has 0 amide bonds. The summed E-state index contributed by atoms with van der Waals surface area (Å²) in [6.45, 7) is 0. The summed E-state index contributed by atoms with van der Waals surface area (Å²) in [6.07, 6.45) is 0. The number of alkyl halides is 1. The van der Waals surface area contributed by atoms with Gasteiger partial charge in [-0.1, -0.05) is 18.2 Å². The molecule has 1 N–H and O–H groups in total. The Morgan fingerprint density at radius 1 is 1.17 bits per heavy atom. The minimum absolute atomic E-state index is 0.0955. The maximum atomic E-state index is 12.0. The van der Waals surface area contributed by atoms with Crippen LogP contribution in [0.1, 0.15) is 0 Å². The molecule has 2 unspecified atom stereocenters. The molecule has 1 saturated heterocycles.